The van der Waals surface area contributed by atoms with E-state index in [2.05, 4.69) is 9.89 Å². The van der Waals surface area contributed by atoms with E-state index in [-0.39, 0.29) is 11.9 Å². The molecule has 3 heterocycles. The zero-order valence-corrected chi connectivity index (χ0v) is 15.2. The second kappa shape index (κ2) is 7.20. The topological polar surface area (TPSA) is 68.5 Å². The zero-order valence-electron chi connectivity index (χ0n) is 14.4. The number of imide groups is 1. The van der Waals surface area contributed by atoms with Crippen LogP contribution in [0.5, 0.6) is 0 Å². The third-order valence-corrected chi connectivity index (χ3v) is 5.55. The third kappa shape index (κ3) is 3.07. The molecule has 8 nitrogen and oxygen atoms in total. The largest absolute Gasteiger partial charge is 0.379 e. The summed E-state index contributed by atoms with van der Waals surface area (Å²) in [6.45, 7) is 7.16. The molecule has 0 aromatic carbocycles. The van der Waals surface area contributed by atoms with E-state index in [0.717, 1.165) is 43.8 Å². The number of nitrogens with zero attached hydrogens (tertiary/aromatic N) is 5. The highest BCUT2D eigenvalue weighted by molar-refractivity contribution is 8.13. The van der Waals surface area contributed by atoms with Crippen LogP contribution in [0.25, 0.3) is 0 Å². The van der Waals surface area contributed by atoms with Gasteiger partial charge in [0.2, 0.25) is 0 Å². The molecule has 3 rings (SSSR count). The van der Waals surface area contributed by atoms with Gasteiger partial charge in [0.05, 0.1) is 19.8 Å². The fourth-order valence-electron chi connectivity index (χ4n) is 3.10. The molecule has 3 aliphatic heterocycles. The van der Waals surface area contributed by atoms with Gasteiger partial charge < -0.3 is 4.74 Å². The van der Waals surface area contributed by atoms with Crippen molar-refractivity contribution >= 4 is 34.7 Å². The number of urea groups is 1. The van der Waals surface area contributed by atoms with Crippen LogP contribution in [-0.4, -0.2) is 107 Å². The van der Waals surface area contributed by atoms with Gasteiger partial charge in [-0.15, -0.1) is 0 Å². The van der Waals surface area contributed by atoms with Gasteiger partial charge in [-0.1, -0.05) is 0 Å². The highest BCUT2D eigenvalue weighted by atomic mass is 32.2. The number of thioether (sulfide) groups is 1. The molecule has 0 spiro atoms. The number of hydrogen-bond acceptors (Lipinski definition) is 6. The summed E-state index contributed by atoms with van der Waals surface area (Å²) in [6.07, 6.45) is 0. The SMILES string of the molecule is CC[N+]1=C(SCCN2CCOCC2)N=C2C1C(=O)N(C)C(=O)N2C. The van der Waals surface area contributed by atoms with Crippen molar-refractivity contribution in [2.75, 3.05) is 59.2 Å². The van der Waals surface area contributed by atoms with Crippen molar-refractivity contribution in [3.8, 4) is 0 Å². The molecule has 0 N–H and O–H groups in total. The number of fused-ring (bicyclic) bond motifs is 1. The predicted octanol–water partition coefficient (Wildman–Crippen LogP) is -0.255. The van der Waals surface area contributed by atoms with E-state index >= 15 is 0 Å². The monoisotopic (exact) mass is 354 g/mol. The van der Waals surface area contributed by atoms with Gasteiger partial charge in [-0.3, -0.25) is 19.5 Å². The molecule has 132 valence electrons. The van der Waals surface area contributed by atoms with E-state index in [0.29, 0.717) is 12.4 Å². The number of amides is 3. The third-order valence-electron chi connectivity index (χ3n) is 4.58. The summed E-state index contributed by atoms with van der Waals surface area (Å²) in [6, 6.07) is -0.806. The van der Waals surface area contributed by atoms with Crippen LogP contribution in [0, 0.1) is 0 Å². The van der Waals surface area contributed by atoms with Gasteiger partial charge >= 0.3 is 11.2 Å². The molecule has 1 unspecified atom stereocenters. The minimum atomic E-state index is -0.478. The summed E-state index contributed by atoms with van der Waals surface area (Å²) < 4.78 is 7.35. The lowest BCUT2D eigenvalue weighted by Gasteiger charge is -2.30. The van der Waals surface area contributed by atoms with Crippen molar-refractivity contribution in [3.63, 3.8) is 0 Å². The Hall–Kier alpha value is -1.45. The van der Waals surface area contributed by atoms with Crippen molar-refractivity contribution in [3.05, 3.63) is 0 Å². The van der Waals surface area contributed by atoms with E-state index in [1.807, 2.05) is 11.5 Å². The Balaban J connectivity index is 1.70. The van der Waals surface area contributed by atoms with Gasteiger partial charge in [0.15, 0.2) is 0 Å². The molecule has 0 aliphatic carbocycles. The molecule has 0 bridgehead atoms. The summed E-state index contributed by atoms with van der Waals surface area (Å²) in [4.78, 5) is 34.2. The Kier molecular flexibility index (Phi) is 5.21. The van der Waals surface area contributed by atoms with Crippen LogP contribution in [0.1, 0.15) is 6.92 Å². The molecule has 0 aromatic rings. The average Bonchev–Trinajstić information content (AvgIpc) is 2.97. The van der Waals surface area contributed by atoms with Crippen LogP contribution in [0.3, 0.4) is 0 Å². The van der Waals surface area contributed by atoms with E-state index in [4.69, 9.17) is 4.74 Å². The Morgan fingerprint density at radius 2 is 1.96 bits per heavy atom. The standard InChI is InChI=1S/C15H24N5O3S/c1-4-20-11-12(17(2)15(22)18(3)13(11)21)16-14(20)24-10-7-19-5-8-23-9-6-19/h11H,4-10H2,1-3H3/q+1. The number of hydrogen-bond donors (Lipinski definition) is 0. The quantitative estimate of drug-likeness (QED) is 0.651. The predicted molar refractivity (Wildman–Crippen MR) is 92.7 cm³/mol. The number of ether oxygens (including phenoxy) is 1. The minimum Gasteiger partial charge on any atom is -0.379 e. The van der Waals surface area contributed by atoms with Gasteiger partial charge in [0.25, 0.3) is 17.8 Å². The average molecular weight is 354 g/mol. The van der Waals surface area contributed by atoms with Crippen molar-refractivity contribution in [1.82, 2.24) is 14.7 Å². The number of morpholine rings is 1. The molecule has 2 saturated heterocycles. The second-order valence-corrected chi connectivity index (χ2v) is 7.04. The Labute approximate surface area is 146 Å². The van der Waals surface area contributed by atoms with Crippen LogP contribution in [0.2, 0.25) is 0 Å². The summed E-state index contributed by atoms with van der Waals surface area (Å²) in [5, 5.41) is 0.828. The lowest BCUT2D eigenvalue weighted by molar-refractivity contribution is -0.529. The first-order valence-corrected chi connectivity index (χ1v) is 9.23. The van der Waals surface area contributed by atoms with Gasteiger partial charge in [-0.05, 0) is 23.7 Å². The molecule has 0 saturated carbocycles. The summed E-state index contributed by atoms with van der Waals surface area (Å²) >= 11 is 1.65. The second-order valence-electron chi connectivity index (χ2n) is 5.98. The van der Waals surface area contributed by atoms with Crippen molar-refractivity contribution < 1.29 is 18.9 Å². The van der Waals surface area contributed by atoms with Gasteiger partial charge in [-0.2, -0.15) is 0 Å². The van der Waals surface area contributed by atoms with Gasteiger partial charge in [-0.25, -0.2) is 9.37 Å². The van der Waals surface area contributed by atoms with Crippen molar-refractivity contribution in [2.24, 2.45) is 4.99 Å². The first-order valence-electron chi connectivity index (χ1n) is 8.25. The fourth-order valence-corrected chi connectivity index (χ4v) is 4.19. The van der Waals surface area contributed by atoms with Crippen molar-refractivity contribution in [2.45, 2.75) is 13.0 Å². The number of aliphatic imine (C=N–C) groups is 1. The van der Waals surface area contributed by atoms with E-state index < -0.39 is 6.04 Å². The summed E-state index contributed by atoms with van der Waals surface area (Å²) in [5.74, 6) is 1.23. The Morgan fingerprint density at radius 3 is 2.62 bits per heavy atom. The van der Waals surface area contributed by atoms with Gasteiger partial charge in [0.1, 0.15) is 0 Å². The molecule has 0 radical (unpaired) electrons. The zero-order chi connectivity index (χ0) is 17.3. The molecule has 3 amide bonds. The summed E-state index contributed by atoms with van der Waals surface area (Å²) in [5.41, 5.74) is 0. The summed E-state index contributed by atoms with van der Waals surface area (Å²) in [7, 11) is 3.20. The minimum absolute atomic E-state index is 0.206. The molecule has 2 fully saturated rings. The number of likely N-dealkylation sites (N-methyl/N-ethyl adjacent to an activating group) is 3. The Bertz CT molecular complexity index is 600. The molecule has 24 heavy (non-hydrogen) atoms. The molecule has 3 aliphatic rings. The fraction of sp³-hybridized carbons (Fsp3) is 0.733. The molecule has 9 heteroatoms. The van der Waals surface area contributed by atoms with Crippen LogP contribution < -0.4 is 0 Å². The van der Waals surface area contributed by atoms with Crippen LogP contribution >= 0.6 is 11.8 Å². The molecular formula is C15H24N5O3S+. The molecule has 0 aromatic heterocycles. The lowest BCUT2D eigenvalue weighted by atomic mass is 10.1. The highest BCUT2D eigenvalue weighted by Crippen LogP contribution is 2.22. The maximum absolute atomic E-state index is 12.5. The first kappa shape index (κ1) is 17.4. The number of carbonyl (C=O) groups is 2. The molecular weight excluding hydrogens is 330 g/mol. The number of rotatable bonds is 4. The van der Waals surface area contributed by atoms with Crippen LogP contribution in [0.4, 0.5) is 4.79 Å². The highest BCUT2D eigenvalue weighted by Gasteiger charge is 2.52. The smallest absolute Gasteiger partial charge is 0.357 e. The van der Waals surface area contributed by atoms with Crippen molar-refractivity contribution in [1.29, 1.82) is 0 Å². The number of amidine groups is 2. The Morgan fingerprint density at radius 1 is 1.25 bits per heavy atom. The van der Waals surface area contributed by atoms with E-state index in [9.17, 15) is 9.59 Å². The lowest BCUT2D eigenvalue weighted by Crippen LogP contribution is -2.61. The first-order chi connectivity index (χ1) is 11.5. The maximum atomic E-state index is 12.5. The van der Waals surface area contributed by atoms with E-state index in [1.54, 1.807) is 18.8 Å². The van der Waals surface area contributed by atoms with E-state index in [1.165, 1.54) is 16.8 Å². The normalized spacial score (nSPS) is 25.5. The maximum Gasteiger partial charge on any atom is 0.357 e. The van der Waals surface area contributed by atoms with Gasteiger partial charge in [0, 0.05) is 39.5 Å². The number of carbonyl (C=O) groups excluding carboxylic acids is 2. The molecule has 1 atom stereocenters. The van der Waals surface area contributed by atoms with Crippen LogP contribution in [0.15, 0.2) is 4.99 Å². The van der Waals surface area contributed by atoms with Crippen LogP contribution in [-0.2, 0) is 9.53 Å².